The third kappa shape index (κ3) is 7.02. The van der Waals surface area contributed by atoms with Gasteiger partial charge in [-0.2, -0.15) is 8.78 Å². The highest BCUT2D eigenvalue weighted by molar-refractivity contribution is 5.94. The van der Waals surface area contributed by atoms with Crippen molar-refractivity contribution >= 4 is 17.6 Å². The molecule has 0 heterocycles. The minimum atomic E-state index is -3.03. The van der Waals surface area contributed by atoms with Crippen LogP contribution in [0.3, 0.4) is 0 Å². The van der Waals surface area contributed by atoms with Crippen molar-refractivity contribution in [2.75, 3.05) is 11.9 Å². The number of benzene rings is 2. The van der Waals surface area contributed by atoms with Crippen molar-refractivity contribution in [3.05, 3.63) is 54.1 Å². The number of carbonyl (C=O) groups excluding carboxylic acids is 2. The maximum absolute atomic E-state index is 12.4. The van der Waals surface area contributed by atoms with Gasteiger partial charge in [0, 0.05) is 0 Å². The number of nitrogens with one attached hydrogen (secondary N) is 1. The van der Waals surface area contributed by atoms with Crippen LogP contribution in [0.1, 0.15) is 33.3 Å². The predicted octanol–water partition coefficient (Wildman–Crippen LogP) is 4.53. The van der Waals surface area contributed by atoms with Crippen LogP contribution in [0.4, 0.5) is 14.5 Å². The molecule has 8 heteroatoms. The van der Waals surface area contributed by atoms with E-state index in [2.05, 4.69) is 30.8 Å². The minimum absolute atomic E-state index is 0.00455. The molecule has 0 aromatic heterocycles. The van der Waals surface area contributed by atoms with Gasteiger partial charge >= 0.3 is 12.6 Å². The highest BCUT2D eigenvalue weighted by Crippen LogP contribution is 2.26. The van der Waals surface area contributed by atoms with E-state index in [0.29, 0.717) is 5.75 Å². The number of ether oxygens (including phenoxy) is 3. The third-order valence-corrected chi connectivity index (χ3v) is 4.09. The number of rotatable bonds is 8. The number of para-hydroxylation sites is 2. The van der Waals surface area contributed by atoms with Crippen molar-refractivity contribution in [2.45, 2.75) is 45.8 Å². The molecule has 1 N–H and O–H groups in total. The second-order valence-electron chi connectivity index (χ2n) is 7.57. The van der Waals surface area contributed by atoms with Crippen LogP contribution in [0, 0.1) is 0 Å². The van der Waals surface area contributed by atoms with Gasteiger partial charge in [-0.3, -0.25) is 4.79 Å². The first kappa shape index (κ1) is 23.1. The molecule has 2 rings (SSSR count). The Morgan fingerprint density at radius 1 is 1.00 bits per heavy atom. The first-order valence-electron chi connectivity index (χ1n) is 9.34. The summed E-state index contributed by atoms with van der Waals surface area (Å²) in [7, 11) is 0. The maximum Gasteiger partial charge on any atom is 0.387 e. The normalized spacial score (nSPS) is 12.2. The van der Waals surface area contributed by atoms with Crippen LogP contribution in [-0.4, -0.2) is 31.2 Å². The van der Waals surface area contributed by atoms with Crippen molar-refractivity contribution in [1.82, 2.24) is 0 Å². The second-order valence-corrected chi connectivity index (χ2v) is 7.57. The first-order chi connectivity index (χ1) is 14.1. The fraction of sp³-hybridized carbons (Fsp3) is 0.364. The molecule has 162 valence electrons. The highest BCUT2D eigenvalue weighted by Gasteiger charge is 2.19. The molecule has 0 radical (unpaired) electrons. The summed E-state index contributed by atoms with van der Waals surface area (Å²) in [6.45, 7) is 4.14. The fourth-order valence-corrected chi connectivity index (χ4v) is 2.49. The van der Waals surface area contributed by atoms with Gasteiger partial charge in [0.15, 0.2) is 12.7 Å². The van der Waals surface area contributed by atoms with Crippen LogP contribution in [0.2, 0.25) is 0 Å². The van der Waals surface area contributed by atoms with E-state index >= 15 is 0 Å². The van der Waals surface area contributed by atoms with Gasteiger partial charge in [0.1, 0.15) is 11.5 Å². The molecule has 2 aromatic carbocycles. The quantitative estimate of drug-likeness (QED) is 0.634. The van der Waals surface area contributed by atoms with E-state index in [0.717, 1.165) is 5.56 Å². The Bertz CT molecular complexity index is 863. The zero-order valence-electron chi connectivity index (χ0n) is 17.3. The SMILES string of the molecule is C[C@H](Oc1ccc(C(C)(C)C)cc1)C(=O)OCC(=O)Nc1ccccc1OC(F)F. The van der Waals surface area contributed by atoms with Crippen molar-refractivity contribution in [3.8, 4) is 11.5 Å². The Kier molecular flexibility index (Phi) is 7.74. The Morgan fingerprint density at radius 3 is 2.23 bits per heavy atom. The van der Waals surface area contributed by atoms with Crippen LogP contribution < -0.4 is 14.8 Å². The molecule has 0 aliphatic rings. The smallest absolute Gasteiger partial charge is 0.387 e. The Labute approximate surface area is 174 Å². The Balaban J connectivity index is 1.85. The lowest BCUT2D eigenvalue weighted by molar-refractivity contribution is -0.153. The van der Waals surface area contributed by atoms with Gasteiger partial charge in [-0.05, 0) is 42.2 Å². The molecule has 0 bridgehead atoms. The van der Waals surface area contributed by atoms with Crippen LogP contribution in [0.25, 0.3) is 0 Å². The number of hydrogen-bond acceptors (Lipinski definition) is 5. The van der Waals surface area contributed by atoms with Crippen LogP contribution in [0.5, 0.6) is 11.5 Å². The van der Waals surface area contributed by atoms with E-state index in [-0.39, 0.29) is 16.9 Å². The molecule has 0 aliphatic heterocycles. The Hall–Kier alpha value is -3.16. The van der Waals surface area contributed by atoms with E-state index < -0.39 is 31.2 Å². The van der Waals surface area contributed by atoms with Crippen LogP contribution in [0.15, 0.2) is 48.5 Å². The maximum atomic E-state index is 12.4. The van der Waals surface area contributed by atoms with Crippen molar-refractivity contribution < 1.29 is 32.6 Å². The molecule has 1 amide bonds. The molecule has 0 unspecified atom stereocenters. The summed E-state index contributed by atoms with van der Waals surface area (Å²) in [4.78, 5) is 24.1. The fourth-order valence-electron chi connectivity index (χ4n) is 2.49. The van der Waals surface area contributed by atoms with E-state index in [9.17, 15) is 18.4 Å². The molecule has 0 saturated heterocycles. The molecule has 0 aliphatic carbocycles. The molecule has 0 saturated carbocycles. The van der Waals surface area contributed by atoms with Gasteiger partial charge in [0.25, 0.3) is 5.91 Å². The van der Waals surface area contributed by atoms with Gasteiger partial charge < -0.3 is 19.5 Å². The van der Waals surface area contributed by atoms with E-state index in [1.165, 1.54) is 25.1 Å². The first-order valence-corrected chi connectivity index (χ1v) is 9.34. The molecule has 0 fully saturated rings. The molecule has 1 atom stereocenters. The summed E-state index contributed by atoms with van der Waals surface area (Å²) in [5.74, 6) is -1.13. The van der Waals surface area contributed by atoms with Crippen LogP contribution >= 0.6 is 0 Å². The number of hydrogen-bond donors (Lipinski definition) is 1. The second kappa shape index (κ2) is 10.0. The zero-order valence-corrected chi connectivity index (χ0v) is 17.3. The monoisotopic (exact) mass is 421 g/mol. The average Bonchev–Trinajstić information content (AvgIpc) is 2.67. The number of halogens is 2. The molecule has 30 heavy (non-hydrogen) atoms. The largest absolute Gasteiger partial charge is 0.479 e. The average molecular weight is 421 g/mol. The van der Waals surface area contributed by atoms with Gasteiger partial charge in [0.05, 0.1) is 5.69 Å². The summed E-state index contributed by atoms with van der Waals surface area (Å²) in [6.07, 6.45) is -0.937. The third-order valence-electron chi connectivity index (χ3n) is 4.09. The highest BCUT2D eigenvalue weighted by atomic mass is 19.3. The summed E-state index contributed by atoms with van der Waals surface area (Å²) < 4.78 is 39.7. The van der Waals surface area contributed by atoms with Crippen molar-refractivity contribution in [1.29, 1.82) is 0 Å². The van der Waals surface area contributed by atoms with Crippen molar-refractivity contribution in [2.24, 2.45) is 0 Å². The van der Waals surface area contributed by atoms with Crippen LogP contribution in [-0.2, 0) is 19.7 Å². The zero-order chi connectivity index (χ0) is 22.3. The molecular weight excluding hydrogens is 396 g/mol. The summed E-state index contributed by atoms with van der Waals surface area (Å²) in [5.41, 5.74) is 1.16. The molecular formula is C22H25F2NO5. The van der Waals surface area contributed by atoms with E-state index in [1.54, 1.807) is 18.2 Å². The predicted molar refractivity (Wildman–Crippen MR) is 108 cm³/mol. The number of alkyl halides is 2. The number of esters is 1. The summed E-state index contributed by atoms with van der Waals surface area (Å²) in [6, 6.07) is 13.1. The lowest BCUT2D eigenvalue weighted by Crippen LogP contribution is -2.29. The van der Waals surface area contributed by atoms with Gasteiger partial charge in [-0.1, -0.05) is 45.0 Å². The lowest BCUT2D eigenvalue weighted by atomic mass is 9.87. The minimum Gasteiger partial charge on any atom is -0.479 e. The topological polar surface area (TPSA) is 73.9 Å². The molecule has 0 spiro atoms. The number of amides is 1. The van der Waals surface area contributed by atoms with Crippen molar-refractivity contribution in [3.63, 3.8) is 0 Å². The van der Waals surface area contributed by atoms with Gasteiger partial charge in [0.2, 0.25) is 0 Å². The van der Waals surface area contributed by atoms with E-state index in [1.807, 2.05) is 12.1 Å². The number of carbonyl (C=O) groups is 2. The standard InChI is InChI=1S/C22H25F2NO5/c1-14(29-16-11-9-15(10-12-16)22(2,3)4)20(27)28-13-19(26)25-17-7-5-6-8-18(17)30-21(23)24/h5-12,14,21H,13H2,1-4H3,(H,25,26)/t14-/m0/s1. The van der Waals surface area contributed by atoms with Gasteiger partial charge in [-0.25, -0.2) is 4.79 Å². The van der Waals surface area contributed by atoms with E-state index in [4.69, 9.17) is 9.47 Å². The lowest BCUT2D eigenvalue weighted by Gasteiger charge is -2.20. The van der Waals surface area contributed by atoms with Gasteiger partial charge in [-0.15, -0.1) is 0 Å². The molecule has 6 nitrogen and oxygen atoms in total. The summed E-state index contributed by atoms with van der Waals surface area (Å²) >= 11 is 0. The Morgan fingerprint density at radius 2 is 1.63 bits per heavy atom. The summed E-state index contributed by atoms with van der Waals surface area (Å²) in [5, 5.41) is 2.36. The number of anilines is 1. The molecule has 2 aromatic rings.